The van der Waals surface area contributed by atoms with Gasteiger partial charge in [-0.3, -0.25) is 14.3 Å². The molecule has 1 aliphatic heterocycles. The van der Waals surface area contributed by atoms with Gasteiger partial charge in [0.15, 0.2) is 0 Å². The molecule has 1 aliphatic rings. The fourth-order valence-corrected chi connectivity index (χ4v) is 4.91. The molecule has 1 saturated heterocycles. The lowest BCUT2D eigenvalue weighted by molar-refractivity contribution is 0.0790. The molecular formula is C20H23N5O3S. The van der Waals surface area contributed by atoms with E-state index in [1.165, 1.54) is 11.3 Å². The zero-order chi connectivity index (χ0) is 20.4. The van der Waals surface area contributed by atoms with Crippen LogP contribution in [0.2, 0.25) is 0 Å². The monoisotopic (exact) mass is 413 g/mol. The Morgan fingerprint density at radius 1 is 1.41 bits per heavy atom. The summed E-state index contributed by atoms with van der Waals surface area (Å²) < 4.78 is 6.65. The second kappa shape index (κ2) is 8.30. The third-order valence-electron chi connectivity index (χ3n) is 5.14. The van der Waals surface area contributed by atoms with E-state index in [0.29, 0.717) is 36.7 Å². The van der Waals surface area contributed by atoms with E-state index in [1.807, 2.05) is 17.0 Å². The molecule has 0 unspecified atom stereocenters. The molecule has 1 N–H and O–H groups in total. The van der Waals surface area contributed by atoms with Gasteiger partial charge in [0.05, 0.1) is 23.2 Å². The fraction of sp³-hybridized carbons (Fsp3) is 0.400. The van der Waals surface area contributed by atoms with E-state index < -0.39 is 0 Å². The molecule has 3 aromatic heterocycles. The highest BCUT2D eigenvalue weighted by Gasteiger charge is 2.33. The highest BCUT2D eigenvalue weighted by atomic mass is 32.1. The molecule has 0 saturated carbocycles. The first-order valence-electron chi connectivity index (χ1n) is 9.51. The van der Waals surface area contributed by atoms with Gasteiger partial charge in [0.1, 0.15) is 4.83 Å². The van der Waals surface area contributed by atoms with Crippen LogP contribution in [0.15, 0.2) is 30.7 Å². The summed E-state index contributed by atoms with van der Waals surface area (Å²) in [5, 5.41) is 8.00. The van der Waals surface area contributed by atoms with Gasteiger partial charge >= 0.3 is 0 Å². The molecule has 0 spiro atoms. The first-order valence-corrected chi connectivity index (χ1v) is 10.3. The molecule has 2 amide bonds. The highest BCUT2D eigenvalue weighted by Crippen LogP contribution is 2.39. The van der Waals surface area contributed by atoms with Crippen molar-refractivity contribution in [1.29, 1.82) is 0 Å². The van der Waals surface area contributed by atoms with Gasteiger partial charge < -0.3 is 15.0 Å². The SMILES string of the molecule is COCCNC(=O)c1sc2ncccc2c1[C@@H]1CCN(C(=O)c2cnn(C)c2)C1. The topological polar surface area (TPSA) is 89.3 Å². The molecule has 1 atom stereocenters. The molecule has 8 nitrogen and oxygen atoms in total. The number of pyridine rings is 1. The maximum absolute atomic E-state index is 12.8. The number of rotatable bonds is 6. The smallest absolute Gasteiger partial charge is 0.261 e. The number of thiophene rings is 1. The average Bonchev–Trinajstić information content (AvgIpc) is 3.45. The number of ether oxygens (including phenoxy) is 1. The normalized spacial score (nSPS) is 16.5. The molecular weight excluding hydrogens is 390 g/mol. The van der Waals surface area contributed by atoms with Crippen LogP contribution in [0.5, 0.6) is 0 Å². The first-order chi connectivity index (χ1) is 14.1. The van der Waals surface area contributed by atoms with Gasteiger partial charge in [0, 0.05) is 57.5 Å². The summed E-state index contributed by atoms with van der Waals surface area (Å²) >= 11 is 1.41. The predicted octanol–water partition coefficient (Wildman–Crippen LogP) is 2.04. The van der Waals surface area contributed by atoms with Gasteiger partial charge in [0.25, 0.3) is 11.8 Å². The van der Waals surface area contributed by atoms with Gasteiger partial charge in [-0.05, 0) is 18.1 Å². The summed E-state index contributed by atoms with van der Waals surface area (Å²) in [6, 6.07) is 3.89. The Bertz CT molecular complexity index is 1040. The second-order valence-corrected chi connectivity index (χ2v) is 8.09. The molecule has 9 heteroatoms. The average molecular weight is 414 g/mol. The molecule has 0 radical (unpaired) electrons. The summed E-state index contributed by atoms with van der Waals surface area (Å²) in [6.07, 6.45) is 5.87. The third kappa shape index (κ3) is 3.88. The van der Waals surface area contributed by atoms with Gasteiger partial charge in [0.2, 0.25) is 0 Å². The number of aryl methyl sites for hydroxylation is 1. The summed E-state index contributed by atoms with van der Waals surface area (Å²) in [7, 11) is 3.40. The number of carbonyl (C=O) groups is 2. The lowest BCUT2D eigenvalue weighted by Crippen LogP contribution is -2.29. The minimum absolute atomic E-state index is 0.0237. The number of aromatic nitrogens is 3. The predicted molar refractivity (Wildman–Crippen MR) is 110 cm³/mol. The van der Waals surface area contributed by atoms with E-state index in [0.717, 1.165) is 22.2 Å². The van der Waals surface area contributed by atoms with Gasteiger partial charge in [-0.1, -0.05) is 6.07 Å². The molecule has 0 aliphatic carbocycles. The minimum atomic E-state index is -0.114. The third-order valence-corrected chi connectivity index (χ3v) is 6.27. The van der Waals surface area contributed by atoms with Crippen molar-refractivity contribution in [3.8, 4) is 0 Å². The lowest BCUT2D eigenvalue weighted by atomic mass is 9.95. The Labute approximate surface area is 172 Å². The van der Waals surface area contributed by atoms with Crippen molar-refractivity contribution in [3.05, 3.63) is 46.7 Å². The summed E-state index contributed by atoms with van der Waals surface area (Å²) in [4.78, 5) is 33.4. The maximum atomic E-state index is 12.8. The molecule has 29 heavy (non-hydrogen) atoms. The van der Waals surface area contributed by atoms with Crippen LogP contribution >= 0.6 is 11.3 Å². The number of hydrogen-bond donors (Lipinski definition) is 1. The van der Waals surface area contributed by atoms with E-state index in [1.54, 1.807) is 37.4 Å². The van der Waals surface area contributed by atoms with Crippen LogP contribution in [0, 0.1) is 0 Å². The van der Waals surface area contributed by atoms with Crippen LogP contribution in [0.3, 0.4) is 0 Å². The molecule has 3 aromatic rings. The first kappa shape index (κ1) is 19.5. The molecule has 0 aromatic carbocycles. The van der Waals surface area contributed by atoms with Crippen molar-refractivity contribution in [3.63, 3.8) is 0 Å². The van der Waals surface area contributed by atoms with Crippen molar-refractivity contribution in [2.75, 3.05) is 33.4 Å². The van der Waals surface area contributed by atoms with Crippen molar-refractivity contribution in [1.82, 2.24) is 25.0 Å². The zero-order valence-electron chi connectivity index (χ0n) is 16.4. The summed E-state index contributed by atoms with van der Waals surface area (Å²) in [5.74, 6) is -0.0433. The quantitative estimate of drug-likeness (QED) is 0.625. The summed E-state index contributed by atoms with van der Waals surface area (Å²) in [6.45, 7) is 2.14. The molecule has 152 valence electrons. The molecule has 4 rings (SSSR count). The highest BCUT2D eigenvalue weighted by molar-refractivity contribution is 7.20. The number of methoxy groups -OCH3 is 1. The summed E-state index contributed by atoms with van der Waals surface area (Å²) in [5.41, 5.74) is 1.58. The minimum Gasteiger partial charge on any atom is -0.383 e. The number of carbonyl (C=O) groups excluding carboxylic acids is 2. The molecule has 0 bridgehead atoms. The molecule has 1 fully saturated rings. The Kier molecular flexibility index (Phi) is 5.59. The van der Waals surface area contributed by atoms with Crippen LogP contribution in [-0.2, 0) is 11.8 Å². The van der Waals surface area contributed by atoms with Gasteiger partial charge in [-0.15, -0.1) is 11.3 Å². The van der Waals surface area contributed by atoms with Crippen LogP contribution in [0.1, 0.15) is 37.9 Å². The van der Waals surface area contributed by atoms with Crippen LogP contribution in [-0.4, -0.2) is 64.8 Å². The largest absolute Gasteiger partial charge is 0.383 e. The van der Waals surface area contributed by atoms with Gasteiger partial charge in [-0.2, -0.15) is 5.10 Å². The van der Waals surface area contributed by atoms with Crippen molar-refractivity contribution in [2.45, 2.75) is 12.3 Å². The second-order valence-electron chi connectivity index (χ2n) is 7.09. The Morgan fingerprint density at radius 3 is 3.03 bits per heavy atom. The lowest BCUT2D eigenvalue weighted by Gasteiger charge is -2.16. The van der Waals surface area contributed by atoms with Gasteiger partial charge in [-0.25, -0.2) is 4.98 Å². The van der Waals surface area contributed by atoms with E-state index >= 15 is 0 Å². The van der Waals surface area contributed by atoms with E-state index in [9.17, 15) is 9.59 Å². The number of amides is 2. The number of likely N-dealkylation sites (tertiary alicyclic amines) is 1. The molecule has 4 heterocycles. The maximum Gasteiger partial charge on any atom is 0.261 e. The zero-order valence-corrected chi connectivity index (χ0v) is 17.2. The van der Waals surface area contributed by atoms with Crippen molar-refractivity contribution in [2.24, 2.45) is 7.05 Å². The van der Waals surface area contributed by atoms with E-state index in [2.05, 4.69) is 15.4 Å². The number of hydrogen-bond acceptors (Lipinski definition) is 6. The number of nitrogens with one attached hydrogen (secondary N) is 1. The van der Waals surface area contributed by atoms with E-state index in [-0.39, 0.29) is 17.7 Å². The number of nitrogens with zero attached hydrogens (tertiary/aromatic N) is 4. The van der Waals surface area contributed by atoms with Crippen LogP contribution in [0.25, 0.3) is 10.2 Å². The standard InChI is InChI=1S/C20H23N5O3S/c1-24-11-14(10-23-24)20(27)25-8-5-13(12-25)16-15-4-3-6-22-19(15)29-17(16)18(26)21-7-9-28-2/h3-4,6,10-11,13H,5,7-9,12H2,1-2H3,(H,21,26)/t13-/m1/s1. The Balaban J connectivity index is 1.60. The fourth-order valence-electron chi connectivity index (χ4n) is 3.77. The number of fused-ring (bicyclic) bond motifs is 1. The Morgan fingerprint density at radius 2 is 2.28 bits per heavy atom. The Hall–Kier alpha value is -2.78. The van der Waals surface area contributed by atoms with Crippen LogP contribution < -0.4 is 5.32 Å². The van der Waals surface area contributed by atoms with Crippen molar-refractivity contribution < 1.29 is 14.3 Å². The van der Waals surface area contributed by atoms with E-state index in [4.69, 9.17) is 4.74 Å². The van der Waals surface area contributed by atoms with Crippen molar-refractivity contribution >= 4 is 33.4 Å². The van der Waals surface area contributed by atoms with Crippen LogP contribution in [0.4, 0.5) is 0 Å².